The molecule has 2 fully saturated rings. The molecule has 1 saturated heterocycles. The number of nitrogens with one attached hydrogen (secondary N) is 1. The molecule has 0 spiro atoms. The Morgan fingerprint density at radius 1 is 1.13 bits per heavy atom. The van der Waals surface area contributed by atoms with Gasteiger partial charge in [-0.25, -0.2) is 8.78 Å². The summed E-state index contributed by atoms with van der Waals surface area (Å²) in [5, 5.41) is 3.40. The minimum absolute atomic E-state index is 0.0626. The molecule has 1 aliphatic heterocycles. The van der Waals surface area contributed by atoms with E-state index in [2.05, 4.69) is 29.1 Å². The molecule has 0 amide bonds. The lowest BCUT2D eigenvalue weighted by atomic mass is 9.92. The lowest BCUT2D eigenvalue weighted by Gasteiger charge is -2.37. The van der Waals surface area contributed by atoms with Gasteiger partial charge in [-0.1, -0.05) is 19.9 Å². The molecule has 0 radical (unpaired) electrons. The molecule has 4 atom stereocenters. The average molecular weight is 321 g/mol. The highest BCUT2D eigenvalue weighted by atomic mass is 19.1. The Bertz CT molecular complexity index is 572. The zero-order chi connectivity index (χ0) is 16.6. The number of hydrogen-bond acceptors (Lipinski definition) is 1. The molecule has 0 aromatic heterocycles. The summed E-state index contributed by atoms with van der Waals surface area (Å²) >= 11 is 0. The molecular weight excluding hydrogens is 296 g/mol. The highest BCUT2D eigenvalue weighted by Gasteiger charge is 2.43. The van der Waals surface area contributed by atoms with Crippen molar-refractivity contribution < 1.29 is 8.78 Å². The second-order valence-electron chi connectivity index (χ2n) is 7.13. The second-order valence-corrected chi connectivity index (χ2v) is 7.13. The summed E-state index contributed by atoms with van der Waals surface area (Å²) in [5.41, 5.74) is 0.209. The van der Waals surface area contributed by atoms with Crippen molar-refractivity contribution in [3.63, 3.8) is 0 Å². The third-order valence-electron chi connectivity index (χ3n) is 4.86. The van der Waals surface area contributed by atoms with Crippen molar-refractivity contribution in [2.45, 2.75) is 38.6 Å². The van der Waals surface area contributed by atoms with Gasteiger partial charge in [-0.05, 0) is 36.8 Å². The Morgan fingerprint density at radius 3 is 2.30 bits per heavy atom. The summed E-state index contributed by atoms with van der Waals surface area (Å²) in [6.07, 6.45) is 1.98. The normalized spacial score (nSPS) is 31.2. The molecule has 1 aromatic carbocycles. The van der Waals surface area contributed by atoms with Crippen molar-refractivity contribution in [2.75, 3.05) is 20.1 Å². The van der Waals surface area contributed by atoms with Gasteiger partial charge in [0.05, 0.1) is 0 Å². The zero-order valence-electron chi connectivity index (χ0n) is 14.0. The van der Waals surface area contributed by atoms with E-state index in [9.17, 15) is 8.78 Å². The van der Waals surface area contributed by atoms with Crippen LogP contribution >= 0.6 is 0 Å². The van der Waals surface area contributed by atoms with Crippen LogP contribution in [0.1, 0.15) is 38.2 Å². The Morgan fingerprint density at radius 2 is 1.74 bits per heavy atom. The van der Waals surface area contributed by atoms with E-state index in [0.717, 1.165) is 25.5 Å². The fourth-order valence-electron chi connectivity index (χ4n) is 3.84. The van der Waals surface area contributed by atoms with E-state index in [-0.39, 0.29) is 17.5 Å². The van der Waals surface area contributed by atoms with Crippen LogP contribution in [0.2, 0.25) is 0 Å². The van der Waals surface area contributed by atoms with Crippen LogP contribution in [0.4, 0.5) is 8.78 Å². The second kappa shape index (κ2) is 6.46. The lowest BCUT2D eigenvalue weighted by Crippen LogP contribution is -2.49. The molecule has 0 bridgehead atoms. The molecule has 23 heavy (non-hydrogen) atoms. The van der Waals surface area contributed by atoms with Crippen LogP contribution in [0.3, 0.4) is 0 Å². The molecule has 3 rings (SSSR count). The van der Waals surface area contributed by atoms with Gasteiger partial charge in [-0.2, -0.15) is 0 Å². The number of aliphatic imine (C=N–C) groups is 1. The van der Waals surface area contributed by atoms with Gasteiger partial charge in [0.2, 0.25) is 0 Å². The van der Waals surface area contributed by atoms with Gasteiger partial charge in [0, 0.05) is 37.7 Å². The summed E-state index contributed by atoms with van der Waals surface area (Å²) in [4.78, 5) is 6.65. The Labute approximate surface area is 136 Å². The SMILES string of the molecule is CN=C(NC1CC1c1c(F)cccc1F)N1CC(C)CC(C)C1. The molecule has 1 aliphatic carbocycles. The quantitative estimate of drug-likeness (QED) is 0.668. The lowest BCUT2D eigenvalue weighted by molar-refractivity contribution is 0.208. The molecule has 2 aliphatic rings. The standard InChI is InChI=1S/C18H25F2N3/c1-11-7-12(2)10-23(9-11)18(21-3)22-16-8-13(16)17-14(19)5-4-6-15(17)20/h4-6,11-13,16H,7-10H2,1-3H3,(H,21,22). The number of halogens is 2. The molecule has 1 saturated carbocycles. The summed E-state index contributed by atoms with van der Waals surface area (Å²) in [6.45, 7) is 6.47. The molecule has 5 heteroatoms. The topological polar surface area (TPSA) is 27.6 Å². The number of likely N-dealkylation sites (tertiary alicyclic amines) is 1. The molecule has 126 valence electrons. The highest BCUT2D eigenvalue weighted by Crippen LogP contribution is 2.43. The third-order valence-corrected chi connectivity index (χ3v) is 4.86. The first-order chi connectivity index (χ1) is 11.0. The van der Waals surface area contributed by atoms with Crippen LogP contribution in [0.25, 0.3) is 0 Å². The Kier molecular flexibility index (Phi) is 4.55. The first-order valence-corrected chi connectivity index (χ1v) is 8.41. The first-order valence-electron chi connectivity index (χ1n) is 8.41. The van der Waals surface area contributed by atoms with Crippen molar-refractivity contribution in [3.05, 3.63) is 35.4 Å². The fourth-order valence-corrected chi connectivity index (χ4v) is 3.84. The smallest absolute Gasteiger partial charge is 0.193 e. The maximum absolute atomic E-state index is 13.9. The van der Waals surface area contributed by atoms with Crippen molar-refractivity contribution in [1.29, 1.82) is 0 Å². The maximum atomic E-state index is 13.9. The zero-order valence-corrected chi connectivity index (χ0v) is 14.0. The van der Waals surface area contributed by atoms with E-state index in [1.54, 1.807) is 7.05 Å². The first kappa shape index (κ1) is 16.2. The summed E-state index contributed by atoms with van der Waals surface area (Å²) < 4.78 is 27.8. The highest BCUT2D eigenvalue weighted by molar-refractivity contribution is 5.81. The molecular formula is C18H25F2N3. The van der Waals surface area contributed by atoms with Gasteiger partial charge >= 0.3 is 0 Å². The average Bonchev–Trinajstić information content (AvgIpc) is 3.22. The van der Waals surface area contributed by atoms with Gasteiger partial charge in [-0.15, -0.1) is 0 Å². The van der Waals surface area contributed by atoms with Gasteiger partial charge in [0.25, 0.3) is 0 Å². The van der Waals surface area contributed by atoms with Crippen molar-refractivity contribution in [1.82, 2.24) is 10.2 Å². The van der Waals surface area contributed by atoms with Gasteiger partial charge in [0.1, 0.15) is 11.6 Å². The number of rotatable bonds is 2. The van der Waals surface area contributed by atoms with Crippen LogP contribution < -0.4 is 5.32 Å². The van der Waals surface area contributed by atoms with Crippen LogP contribution in [0, 0.1) is 23.5 Å². The van der Waals surface area contributed by atoms with Gasteiger partial charge in [-0.3, -0.25) is 4.99 Å². The molecule has 4 unspecified atom stereocenters. The monoisotopic (exact) mass is 321 g/mol. The predicted molar refractivity (Wildman–Crippen MR) is 88.5 cm³/mol. The van der Waals surface area contributed by atoms with E-state index in [0.29, 0.717) is 11.8 Å². The Balaban J connectivity index is 1.66. The van der Waals surface area contributed by atoms with E-state index >= 15 is 0 Å². The summed E-state index contributed by atoms with van der Waals surface area (Å²) in [6, 6.07) is 4.13. The fraction of sp³-hybridized carbons (Fsp3) is 0.611. The van der Waals surface area contributed by atoms with E-state index in [1.165, 1.54) is 24.6 Å². The molecule has 1 N–H and O–H groups in total. The van der Waals surface area contributed by atoms with Crippen molar-refractivity contribution in [2.24, 2.45) is 16.8 Å². The molecule has 1 aromatic rings. The number of nitrogens with zero attached hydrogens (tertiary/aromatic N) is 2. The maximum Gasteiger partial charge on any atom is 0.193 e. The number of piperidine rings is 1. The van der Waals surface area contributed by atoms with E-state index in [4.69, 9.17) is 0 Å². The Hall–Kier alpha value is -1.65. The summed E-state index contributed by atoms with van der Waals surface area (Å²) in [5.74, 6) is 1.12. The number of hydrogen-bond donors (Lipinski definition) is 1. The largest absolute Gasteiger partial charge is 0.353 e. The van der Waals surface area contributed by atoms with Gasteiger partial charge in [0.15, 0.2) is 5.96 Å². The van der Waals surface area contributed by atoms with E-state index in [1.807, 2.05) is 0 Å². The van der Waals surface area contributed by atoms with Crippen LogP contribution in [0.5, 0.6) is 0 Å². The minimum Gasteiger partial charge on any atom is -0.353 e. The summed E-state index contributed by atoms with van der Waals surface area (Å²) in [7, 11) is 1.77. The molecule has 3 nitrogen and oxygen atoms in total. The van der Waals surface area contributed by atoms with Crippen LogP contribution in [0.15, 0.2) is 23.2 Å². The number of guanidine groups is 1. The van der Waals surface area contributed by atoms with Crippen molar-refractivity contribution in [3.8, 4) is 0 Å². The molecule has 1 heterocycles. The number of benzene rings is 1. The predicted octanol–water partition coefficient (Wildman–Crippen LogP) is 3.37. The third kappa shape index (κ3) is 3.48. The van der Waals surface area contributed by atoms with Crippen LogP contribution in [-0.4, -0.2) is 37.0 Å². The van der Waals surface area contributed by atoms with Gasteiger partial charge < -0.3 is 10.2 Å². The van der Waals surface area contributed by atoms with Crippen molar-refractivity contribution >= 4 is 5.96 Å². The van der Waals surface area contributed by atoms with Crippen LogP contribution in [-0.2, 0) is 0 Å². The van der Waals surface area contributed by atoms with E-state index < -0.39 is 11.6 Å². The minimum atomic E-state index is -0.450.